The van der Waals surface area contributed by atoms with Crippen LogP contribution in [0.5, 0.6) is 23.0 Å². The van der Waals surface area contributed by atoms with Crippen molar-refractivity contribution in [2.45, 2.75) is 105 Å². The molecule has 0 aromatic heterocycles. The minimum atomic E-state index is 0.557. The fraction of sp³-hybridized carbons (Fsp3) is 0.714. The molecule has 0 saturated carbocycles. The minimum Gasteiger partial charge on any atom is -0.493 e. The molecule has 0 amide bonds. The average molecular weight is 663 g/mol. The van der Waals surface area contributed by atoms with Gasteiger partial charge in [0.25, 0.3) is 0 Å². The average Bonchev–Trinajstić information content (AvgIpc) is 3.09. The van der Waals surface area contributed by atoms with Crippen molar-refractivity contribution < 1.29 is 18.9 Å². The van der Waals surface area contributed by atoms with Crippen LogP contribution in [0, 0.1) is 35.5 Å². The molecule has 0 N–H and O–H groups in total. The van der Waals surface area contributed by atoms with E-state index in [-0.39, 0.29) is 0 Å². The van der Waals surface area contributed by atoms with E-state index in [1.165, 1.54) is 87.0 Å². The summed E-state index contributed by atoms with van der Waals surface area (Å²) in [5, 5.41) is 0. The first-order valence-corrected chi connectivity index (χ1v) is 19.1. The summed E-state index contributed by atoms with van der Waals surface area (Å²) < 4.78 is 22.1. The third kappa shape index (κ3) is 7.96. The van der Waals surface area contributed by atoms with Crippen LogP contribution in [0.25, 0.3) is 0 Å². The summed E-state index contributed by atoms with van der Waals surface area (Å²) in [5.41, 5.74) is 5.85. The highest BCUT2D eigenvalue weighted by Gasteiger charge is 2.40. The van der Waals surface area contributed by atoms with Gasteiger partial charge >= 0.3 is 0 Å². The number of piperidine rings is 2. The SMILES string of the molecule is CCC1CC2c3cc(OC)c(OC)cc3CCN2CC1CC(C)C.CC[C@@H]1C[C@@H]2c3cc(OC)c(OC)cc3CCN2C[C@H]1CC(C)C. The van der Waals surface area contributed by atoms with Crippen LogP contribution in [-0.4, -0.2) is 64.4 Å². The second-order valence-corrected chi connectivity index (χ2v) is 15.9. The molecule has 6 nitrogen and oxygen atoms in total. The number of hydrogen-bond donors (Lipinski definition) is 0. The predicted molar refractivity (Wildman–Crippen MR) is 198 cm³/mol. The third-order valence-corrected chi connectivity index (χ3v) is 12.1. The van der Waals surface area contributed by atoms with Crippen LogP contribution in [0.3, 0.4) is 0 Å². The summed E-state index contributed by atoms with van der Waals surface area (Å²) in [4.78, 5) is 5.46. The lowest BCUT2D eigenvalue weighted by Gasteiger charge is -2.47. The fourth-order valence-corrected chi connectivity index (χ4v) is 9.75. The van der Waals surface area contributed by atoms with Crippen LogP contribution in [0.15, 0.2) is 24.3 Å². The van der Waals surface area contributed by atoms with E-state index in [4.69, 9.17) is 18.9 Å². The maximum absolute atomic E-state index is 5.57. The van der Waals surface area contributed by atoms with Crippen molar-refractivity contribution >= 4 is 0 Å². The Morgan fingerprint density at radius 2 is 0.917 bits per heavy atom. The second-order valence-electron chi connectivity index (χ2n) is 15.9. The Morgan fingerprint density at radius 1 is 0.562 bits per heavy atom. The number of hydrogen-bond acceptors (Lipinski definition) is 6. The lowest BCUT2D eigenvalue weighted by atomic mass is 9.73. The van der Waals surface area contributed by atoms with Crippen LogP contribution >= 0.6 is 0 Å². The zero-order chi connectivity index (χ0) is 34.5. The zero-order valence-corrected chi connectivity index (χ0v) is 31.9. The van der Waals surface area contributed by atoms with Gasteiger partial charge in [0.1, 0.15) is 0 Å². The van der Waals surface area contributed by atoms with Crippen LogP contribution < -0.4 is 18.9 Å². The number of fused-ring (bicyclic) bond motifs is 6. The molecule has 2 aromatic rings. The number of methoxy groups -OCH3 is 4. The lowest BCUT2D eigenvalue weighted by molar-refractivity contribution is 0.0428. The summed E-state index contributed by atoms with van der Waals surface area (Å²) in [6, 6.07) is 9.99. The van der Waals surface area contributed by atoms with Crippen molar-refractivity contribution in [3.8, 4) is 23.0 Å². The Labute approximate surface area is 292 Å². The van der Waals surface area contributed by atoms with Crippen molar-refractivity contribution in [2.24, 2.45) is 35.5 Å². The van der Waals surface area contributed by atoms with E-state index < -0.39 is 0 Å². The van der Waals surface area contributed by atoms with Crippen LogP contribution in [0.1, 0.15) is 114 Å². The van der Waals surface area contributed by atoms with E-state index in [2.05, 4.69) is 75.6 Å². The molecule has 6 rings (SSSR count). The molecule has 0 aliphatic carbocycles. The Hall–Kier alpha value is -2.44. The first kappa shape index (κ1) is 36.8. The standard InChI is InChI=1S/2C21H33NO2/c2*1-6-15-10-19-18-12-21(24-5)20(23-4)11-16(18)7-8-22(19)13-17(15)9-14(2)3/h2*11-12,14-15,17,19H,6-10,13H2,1-5H3/t15-,17-,19-;/m1./s1. The molecule has 6 atom stereocenters. The van der Waals surface area contributed by atoms with E-state index >= 15 is 0 Å². The minimum absolute atomic E-state index is 0.557. The molecule has 3 unspecified atom stereocenters. The number of ether oxygens (including phenoxy) is 4. The molecule has 268 valence electrons. The predicted octanol–water partition coefficient (Wildman–Crippen LogP) is 9.39. The zero-order valence-electron chi connectivity index (χ0n) is 31.9. The van der Waals surface area contributed by atoms with Crippen LogP contribution in [-0.2, 0) is 12.8 Å². The molecule has 2 aromatic carbocycles. The molecule has 6 heteroatoms. The van der Waals surface area contributed by atoms with E-state index in [1.54, 1.807) is 28.4 Å². The Kier molecular flexibility index (Phi) is 12.7. The highest BCUT2D eigenvalue weighted by atomic mass is 16.5. The van der Waals surface area contributed by atoms with Gasteiger partial charge in [0, 0.05) is 38.3 Å². The van der Waals surface area contributed by atoms with Crippen molar-refractivity contribution in [2.75, 3.05) is 54.6 Å². The molecule has 2 fully saturated rings. The van der Waals surface area contributed by atoms with Gasteiger partial charge in [0.15, 0.2) is 23.0 Å². The normalized spacial score (nSPS) is 26.8. The third-order valence-electron chi connectivity index (χ3n) is 12.1. The second kappa shape index (κ2) is 16.5. The molecule has 4 aliphatic heterocycles. The maximum Gasteiger partial charge on any atom is 0.161 e. The maximum atomic E-state index is 5.57. The lowest BCUT2D eigenvalue weighted by Crippen LogP contribution is -2.46. The van der Waals surface area contributed by atoms with Crippen LogP contribution in [0.4, 0.5) is 0 Å². The summed E-state index contributed by atoms with van der Waals surface area (Å²) in [6.07, 6.45) is 10.1. The highest BCUT2D eigenvalue weighted by Crippen LogP contribution is 2.48. The van der Waals surface area contributed by atoms with Crippen molar-refractivity contribution in [1.29, 1.82) is 0 Å². The van der Waals surface area contributed by atoms with E-state index in [1.807, 2.05) is 0 Å². The van der Waals surface area contributed by atoms with Crippen LogP contribution in [0.2, 0.25) is 0 Å². The number of benzene rings is 2. The molecular formula is C42H66N2O4. The Balaban J connectivity index is 0.000000188. The Morgan fingerprint density at radius 3 is 1.23 bits per heavy atom. The Bertz CT molecular complexity index is 1240. The molecule has 0 bridgehead atoms. The summed E-state index contributed by atoms with van der Waals surface area (Å²) in [6.45, 7) is 19.1. The summed E-state index contributed by atoms with van der Waals surface area (Å²) in [5.74, 6) is 8.45. The highest BCUT2D eigenvalue weighted by molar-refractivity contribution is 5.50. The van der Waals surface area contributed by atoms with Gasteiger partial charge in [-0.05, 0) is 121 Å². The van der Waals surface area contributed by atoms with Crippen molar-refractivity contribution in [3.63, 3.8) is 0 Å². The van der Waals surface area contributed by atoms with E-state index in [0.717, 1.165) is 71.3 Å². The number of rotatable bonds is 10. The van der Waals surface area contributed by atoms with Gasteiger partial charge < -0.3 is 18.9 Å². The summed E-state index contributed by atoms with van der Waals surface area (Å²) >= 11 is 0. The van der Waals surface area contributed by atoms with Gasteiger partial charge in [0.2, 0.25) is 0 Å². The first-order valence-electron chi connectivity index (χ1n) is 19.1. The largest absolute Gasteiger partial charge is 0.493 e. The van der Waals surface area contributed by atoms with Gasteiger partial charge in [0.05, 0.1) is 28.4 Å². The smallest absolute Gasteiger partial charge is 0.161 e. The van der Waals surface area contributed by atoms with Gasteiger partial charge in [-0.1, -0.05) is 54.4 Å². The van der Waals surface area contributed by atoms with Gasteiger partial charge in [-0.15, -0.1) is 0 Å². The summed E-state index contributed by atoms with van der Waals surface area (Å²) in [7, 11) is 6.92. The van der Waals surface area contributed by atoms with Crippen molar-refractivity contribution in [1.82, 2.24) is 9.80 Å². The molecule has 2 saturated heterocycles. The molecular weight excluding hydrogens is 596 g/mol. The van der Waals surface area contributed by atoms with Gasteiger partial charge in [-0.3, -0.25) is 9.80 Å². The fourth-order valence-electron chi connectivity index (χ4n) is 9.75. The molecule has 48 heavy (non-hydrogen) atoms. The monoisotopic (exact) mass is 663 g/mol. The van der Waals surface area contributed by atoms with Crippen molar-refractivity contribution in [3.05, 3.63) is 46.5 Å². The molecule has 0 spiro atoms. The number of nitrogens with zero attached hydrogens (tertiary/aromatic N) is 2. The topological polar surface area (TPSA) is 43.4 Å². The quantitative estimate of drug-likeness (QED) is 0.253. The van der Waals surface area contributed by atoms with Gasteiger partial charge in [-0.2, -0.15) is 0 Å². The van der Waals surface area contributed by atoms with E-state index in [0.29, 0.717) is 12.1 Å². The molecule has 0 radical (unpaired) electrons. The molecule has 4 aliphatic rings. The van der Waals surface area contributed by atoms with Gasteiger partial charge in [-0.25, -0.2) is 0 Å². The first-order chi connectivity index (χ1) is 23.1. The van der Waals surface area contributed by atoms with E-state index in [9.17, 15) is 0 Å². The molecule has 4 heterocycles.